The van der Waals surface area contributed by atoms with Gasteiger partial charge in [-0.15, -0.1) is 0 Å². The molecule has 3 nitrogen and oxygen atoms in total. The van der Waals surface area contributed by atoms with Gasteiger partial charge in [-0.3, -0.25) is 0 Å². The van der Waals surface area contributed by atoms with E-state index < -0.39 is 0 Å². The standard InChI is InChI=1S/C14H22FNO2/c1-4-18-9-5-6-13(16-2)11-7-8-14(17-3)12(15)10-11/h7-8,10,13,16H,4-6,9H2,1-3H3. The lowest BCUT2D eigenvalue weighted by molar-refractivity contribution is 0.141. The molecule has 0 aliphatic rings. The highest BCUT2D eigenvalue weighted by Crippen LogP contribution is 2.24. The van der Waals surface area contributed by atoms with Crippen molar-refractivity contribution >= 4 is 0 Å². The van der Waals surface area contributed by atoms with Gasteiger partial charge in [-0.25, -0.2) is 4.39 Å². The highest BCUT2D eigenvalue weighted by atomic mass is 19.1. The minimum atomic E-state index is -0.319. The summed E-state index contributed by atoms with van der Waals surface area (Å²) >= 11 is 0. The van der Waals surface area contributed by atoms with Crippen molar-refractivity contribution in [2.24, 2.45) is 0 Å². The lowest BCUT2D eigenvalue weighted by Crippen LogP contribution is -2.17. The molecule has 102 valence electrons. The predicted octanol–water partition coefficient (Wildman–Crippen LogP) is 2.91. The summed E-state index contributed by atoms with van der Waals surface area (Å²) < 4.78 is 23.8. The van der Waals surface area contributed by atoms with Crippen LogP contribution in [-0.4, -0.2) is 27.4 Å². The van der Waals surface area contributed by atoms with Gasteiger partial charge in [0.15, 0.2) is 11.6 Å². The van der Waals surface area contributed by atoms with E-state index in [0.717, 1.165) is 31.6 Å². The van der Waals surface area contributed by atoms with Crippen LogP contribution in [0, 0.1) is 5.82 Å². The zero-order valence-corrected chi connectivity index (χ0v) is 11.3. The third kappa shape index (κ3) is 4.27. The Hall–Kier alpha value is -1.13. The normalized spacial score (nSPS) is 12.4. The topological polar surface area (TPSA) is 30.5 Å². The molecule has 0 fully saturated rings. The van der Waals surface area contributed by atoms with Crippen LogP contribution in [0.3, 0.4) is 0 Å². The summed E-state index contributed by atoms with van der Waals surface area (Å²) in [4.78, 5) is 0. The molecule has 0 heterocycles. The molecule has 0 aromatic heterocycles. The summed E-state index contributed by atoms with van der Waals surface area (Å²) in [7, 11) is 3.35. The molecular weight excluding hydrogens is 233 g/mol. The first kappa shape index (κ1) is 14.9. The lowest BCUT2D eigenvalue weighted by Gasteiger charge is -2.17. The largest absolute Gasteiger partial charge is 0.494 e. The van der Waals surface area contributed by atoms with E-state index in [9.17, 15) is 4.39 Å². The highest BCUT2D eigenvalue weighted by Gasteiger charge is 2.11. The van der Waals surface area contributed by atoms with Crippen LogP contribution in [0.1, 0.15) is 31.4 Å². The Bertz CT molecular complexity index is 358. The average molecular weight is 255 g/mol. The SMILES string of the molecule is CCOCCCC(NC)c1ccc(OC)c(F)c1. The van der Waals surface area contributed by atoms with E-state index in [1.54, 1.807) is 6.07 Å². The molecule has 0 aliphatic carbocycles. The fourth-order valence-electron chi connectivity index (χ4n) is 1.91. The van der Waals surface area contributed by atoms with Crippen LogP contribution in [0.5, 0.6) is 5.75 Å². The Kier molecular flexibility index (Phi) is 6.68. The van der Waals surface area contributed by atoms with Gasteiger partial charge in [-0.05, 0) is 44.5 Å². The van der Waals surface area contributed by atoms with Gasteiger partial charge in [-0.2, -0.15) is 0 Å². The minimum absolute atomic E-state index is 0.144. The molecule has 1 atom stereocenters. The van der Waals surface area contributed by atoms with Crippen molar-refractivity contribution < 1.29 is 13.9 Å². The lowest BCUT2D eigenvalue weighted by atomic mass is 10.0. The van der Waals surface area contributed by atoms with Gasteiger partial charge in [0.05, 0.1) is 7.11 Å². The maximum Gasteiger partial charge on any atom is 0.165 e. The first-order chi connectivity index (χ1) is 8.72. The van der Waals surface area contributed by atoms with Crippen LogP contribution in [0.2, 0.25) is 0 Å². The van der Waals surface area contributed by atoms with E-state index in [0.29, 0.717) is 0 Å². The first-order valence-corrected chi connectivity index (χ1v) is 6.31. The second-order valence-electron chi connectivity index (χ2n) is 4.07. The van der Waals surface area contributed by atoms with Crippen molar-refractivity contribution in [3.63, 3.8) is 0 Å². The van der Waals surface area contributed by atoms with Crippen LogP contribution in [-0.2, 0) is 4.74 Å². The number of benzene rings is 1. The second kappa shape index (κ2) is 8.06. The van der Waals surface area contributed by atoms with Crippen LogP contribution in [0.4, 0.5) is 4.39 Å². The molecule has 1 aromatic rings. The molecule has 0 aliphatic heterocycles. The average Bonchev–Trinajstić information content (AvgIpc) is 2.39. The van der Waals surface area contributed by atoms with Crippen LogP contribution < -0.4 is 10.1 Å². The molecular formula is C14H22FNO2. The number of ether oxygens (including phenoxy) is 2. The predicted molar refractivity (Wildman–Crippen MR) is 70.5 cm³/mol. The van der Waals surface area contributed by atoms with Crippen molar-refractivity contribution in [3.8, 4) is 5.75 Å². The summed E-state index contributed by atoms with van der Waals surface area (Å²) in [6, 6.07) is 5.23. The fraction of sp³-hybridized carbons (Fsp3) is 0.571. The molecule has 0 spiro atoms. The second-order valence-corrected chi connectivity index (χ2v) is 4.07. The molecule has 1 unspecified atom stereocenters. The molecule has 18 heavy (non-hydrogen) atoms. The van der Waals surface area contributed by atoms with Gasteiger partial charge in [0.25, 0.3) is 0 Å². The fourth-order valence-corrected chi connectivity index (χ4v) is 1.91. The third-order valence-electron chi connectivity index (χ3n) is 2.91. The molecule has 1 aromatic carbocycles. The van der Waals surface area contributed by atoms with E-state index in [2.05, 4.69) is 5.32 Å². The smallest absolute Gasteiger partial charge is 0.165 e. The third-order valence-corrected chi connectivity index (χ3v) is 2.91. The highest BCUT2D eigenvalue weighted by molar-refractivity contribution is 5.31. The number of methoxy groups -OCH3 is 1. The number of hydrogen-bond donors (Lipinski definition) is 1. The number of rotatable bonds is 8. The van der Waals surface area contributed by atoms with Gasteiger partial charge < -0.3 is 14.8 Å². The maximum absolute atomic E-state index is 13.6. The molecule has 1 rings (SSSR count). The Morgan fingerprint density at radius 3 is 2.72 bits per heavy atom. The molecule has 0 bridgehead atoms. The van der Waals surface area contributed by atoms with Gasteiger partial charge in [0, 0.05) is 19.3 Å². The molecule has 0 radical (unpaired) electrons. The Labute approximate surface area is 108 Å². The number of halogens is 1. The molecule has 1 N–H and O–H groups in total. The van der Waals surface area contributed by atoms with E-state index >= 15 is 0 Å². The van der Waals surface area contributed by atoms with E-state index in [-0.39, 0.29) is 17.6 Å². The number of hydrogen-bond acceptors (Lipinski definition) is 3. The summed E-state index contributed by atoms with van der Waals surface area (Å²) in [5.74, 6) is -0.0389. The van der Waals surface area contributed by atoms with Gasteiger partial charge >= 0.3 is 0 Å². The zero-order valence-electron chi connectivity index (χ0n) is 11.3. The molecule has 0 amide bonds. The summed E-state index contributed by atoms with van der Waals surface area (Å²) in [6.45, 7) is 3.46. The van der Waals surface area contributed by atoms with Crippen LogP contribution >= 0.6 is 0 Å². The van der Waals surface area contributed by atoms with Crippen molar-refractivity contribution in [1.29, 1.82) is 0 Å². The zero-order chi connectivity index (χ0) is 13.4. The molecule has 4 heteroatoms. The minimum Gasteiger partial charge on any atom is -0.494 e. The van der Waals surface area contributed by atoms with E-state index in [1.807, 2.05) is 20.0 Å². The summed E-state index contributed by atoms with van der Waals surface area (Å²) in [6.07, 6.45) is 1.87. The monoisotopic (exact) mass is 255 g/mol. The first-order valence-electron chi connectivity index (χ1n) is 6.31. The summed E-state index contributed by atoms with van der Waals surface area (Å²) in [5.41, 5.74) is 0.937. The quantitative estimate of drug-likeness (QED) is 0.724. The molecule has 0 saturated heterocycles. The van der Waals surface area contributed by atoms with Gasteiger partial charge in [0.1, 0.15) is 0 Å². The Balaban J connectivity index is 2.61. The molecule has 0 saturated carbocycles. The van der Waals surface area contributed by atoms with E-state index in [1.165, 1.54) is 13.2 Å². The van der Waals surface area contributed by atoms with Crippen LogP contribution in [0.15, 0.2) is 18.2 Å². The Morgan fingerprint density at radius 1 is 1.39 bits per heavy atom. The van der Waals surface area contributed by atoms with E-state index in [4.69, 9.17) is 9.47 Å². The van der Waals surface area contributed by atoms with Crippen molar-refractivity contribution in [1.82, 2.24) is 5.32 Å². The maximum atomic E-state index is 13.6. The van der Waals surface area contributed by atoms with Crippen molar-refractivity contribution in [2.45, 2.75) is 25.8 Å². The van der Waals surface area contributed by atoms with Crippen molar-refractivity contribution in [2.75, 3.05) is 27.4 Å². The Morgan fingerprint density at radius 2 is 2.17 bits per heavy atom. The van der Waals surface area contributed by atoms with Crippen molar-refractivity contribution in [3.05, 3.63) is 29.6 Å². The number of nitrogens with one attached hydrogen (secondary N) is 1. The van der Waals surface area contributed by atoms with Gasteiger partial charge in [0.2, 0.25) is 0 Å². The van der Waals surface area contributed by atoms with Crippen LogP contribution in [0.25, 0.3) is 0 Å². The summed E-state index contributed by atoms with van der Waals surface area (Å²) in [5, 5.41) is 3.20. The van der Waals surface area contributed by atoms with Gasteiger partial charge in [-0.1, -0.05) is 6.07 Å².